The molecule has 0 unspecified atom stereocenters. The fraction of sp³-hybridized carbons (Fsp3) is 0. The first-order valence-electron chi connectivity index (χ1n) is 3.58. The highest BCUT2D eigenvalue weighted by atomic mass is 32.2. The molecule has 0 fully saturated rings. The molecule has 0 saturated heterocycles. The van der Waals surface area contributed by atoms with Gasteiger partial charge >= 0.3 is 10.3 Å². The van der Waals surface area contributed by atoms with Crippen LogP contribution < -0.4 is 9.92 Å². The maximum atomic E-state index is 12.7. The van der Waals surface area contributed by atoms with E-state index in [0.717, 1.165) is 12.1 Å². The highest BCUT2D eigenvalue weighted by molar-refractivity contribution is 7.86. The molecule has 0 bridgehead atoms. The summed E-state index contributed by atoms with van der Waals surface area (Å²) in [5, 5.41) is 0. The van der Waals surface area contributed by atoms with Gasteiger partial charge in [-0.3, -0.25) is 0 Å². The zero-order valence-corrected chi connectivity index (χ0v) is 7.58. The number of amidine groups is 1. The summed E-state index contributed by atoms with van der Waals surface area (Å²) in [6, 6.07) is 3.32. The zero-order valence-electron chi connectivity index (χ0n) is 6.77. The molecule has 1 aromatic carbocycles. The fourth-order valence-corrected chi connectivity index (χ4v) is 1.83. The van der Waals surface area contributed by atoms with Crippen molar-refractivity contribution in [1.82, 2.24) is 0 Å². The maximum absolute atomic E-state index is 12.7. The van der Waals surface area contributed by atoms with Crippen molar-refractivity contribution in [3.05, 3.63) is 29.6 Å². The summed E-state index contributed by atoms with van der Waals surface area (Å²) < 4.78 is 42.2. The number of rotatable bonds is 0. The van der Waals surface area contributed by atoms with Gasteiger partial charge in [0, 0.05) is 0 Å². The molecule has 1 aromatic rings. The van der Waals surface area contributed by atoms with E-state index in [1.54, 1.807) is 0 Å². The van der Waals surface area contributed by atoms with Crippen molar-refractivity contribution < 1.29 is 17.0 Å². The smallest absolute Gasteiger partial charge is 0.382 e. The number of halogens is 1. The minimum absolute atomic E-state index is 0.0149. The summed E-state index contributed by atoms with van der Waals surface area (Å²) in [6.45, 7) is 0. The highest BCUT2D eigenvalue weighted by Gasteiger charge is 2.23. The molecule has 0 saturated carbocycles. The minimum Gasteiger partial charge on any atom is -0.382 e. The van der Waals surface area contributed by atoms with Crippen LogP contribution in [0.2, 0.25) is 0 Å². The summed E-state index contributed by atoms with van der Waals surface area (Å²) in [4.78, 5) is 0. The Labute approximate surface area is 79.3 Å². The molecule has 0 aromatic heterocycles. The Kier molecular flexibility index (Phi) is 1.71. The lowest BCUT2D eigenvalue weighted by Crippen LogP contribution is -2.24. The van der Waals surface area contributed by atoms with Crippen LogP contribution in [0.15, 0.2) is 22.6 Å². The average Bonchev–Trinajstić information content (AvgIpc) is 2.05. The molecule has 2 rings (SSSR count). The molecule has 1 heterocycles. The molecule has 14 heavy (non-hydrogen) atoms. The van der Waals surface area contributed by atoms with Crippen LogP contribution in [-0.2, 0) is 10.3 Å². The van der Waals surface area contributed by atoms with Crippen LogP contribution in [-0.4, -0.2) is 14.3 Å². The van der Waals surface area contributed by atoms with Crippen LogP contribution in [0.1, 0.15) is 5.56 Å². The Bertz CT molecular complexity index is 524. The van der Waals surface area contributed by atoms with Gasteiger partial charge in [0.05, 0.1) is 5.56 Å². The first kappa shape index (κ1) is 8.95. The second kappa shape index (κ2) is 2.68. The van der Waals surface area contributed by atoms with E-state index in [4.69, 9.17) is 5.73 Å². The number of benzene rings is 1. The molecule has 1 aliphatic rings. The van der Waals surface area contributed by atoms with Gasteiger partial charge in [0.2, 0.25) is 0 Å². The summed E-state index contributed by atoms with van der Waals surface area (Å²) in [5.41, 5.74) is 5.45. The van der Waals surface area contributed by atoms with Crippen molar-refractivity contribution in [2.45, 2.75) is 0 Å². The van der Waals surface area contributed by atoms with Crippen LogP contribution in [0, 0.1) is 5.82 Å². The first-order valence-corrected chi connectivity index (χ1v) is 4.94. The summed E-state index contributed by atoms with van der Waals surface area (Å²) in [5.74, 6) is -0.825. The number of nitrogens with zero attached hydrogens (tertiary/aromatic N) is 1. The van der Waals surface area contributed by atoms with Gasteiger partial charge in [-0.1, -0.05) is 0 Å². The third-order valence-electron chi connectivity index (χ3n) is 1.62. The second-order valence-corrected chi connectivity index (χ2v) is 3.83. The molecule has 5 nitrogen and oxygen atoms in total. The van der Waals surface area contributed by atoms with Gasteiger partial charge in [0.1, 0.15) is 5.82 Å². The van der Waals surface area contributed by atoms with E-state index in [2.05, 4.69) is 8.58 Å². The van der Waals surface area contributed by atoms with E-state index < -0.39 is 16.1 Å². The fourth-order valence-electron chi connectivity index (χ4n) is 1.08. The highest BCUT2D eigenvalue weighted by Crippen LogP contribution is 2.25. The van der Waals surface area contributed by atoms with Crippen LogP contribution in [0.3, 0.4) is 0 Å². The number of hydrogen-bond donors (Lipinski definition) is 1. The summed E-state index contributed by atoms with van der Waals surface area (Å²) in [7, 11) is -4.02. The largest absolute Gasteiger partial charge is 0.430 e. The minimum atomic E-state index is -4.02. The van der Waals surface area contributed by atoms with E-state index >= 15 is 0 Å². The molecule has 2 N–H and O–H groups in total. The van der Waals surface area contributed by atoms with Gasteiger partial charge in [0.25, 0.3) is 0 Å². The van der Waals surface area contributed by atoms with Gasteiger partial charge in [-0.15, -0.1) is 4.40 Å². The topological polar surface area (TPSA) is 81.8 Å². The van der Waals surface area contributed by atoms with Crippen molar-refractivity contribution in [3.8, 4) is 5.75 Å². The Morgan fingerprint density at radius 2 is 2.14 bits per heavy atom. The van der Waals surface area contributed by atoms with Crippen LogP contribution in [0.5, 0.6) is 5.75 Å². The van der Waals surface area contributed by atoms with Gasteiger partial charge in [0.15, 0.2) is 11.6 Å². The van der Waals surface area contributed by atoms with E-state index in [0.29, 0.717) is 0 Å². The van der Waals surface area contributed by atoms with Crippen molar-refractivity contribution in [1.29, 1.82) is 0 Å². The molecular weight excluding hydrogens is 211 g/mol. The molecule has 74 valence electrons. The zero-order chi connectivity index (χ0) is 10.3. The Morgan fingerprint density at radius 3 is 2.86 bits per heavy atom. The quantitative estimate of drug-likeness (QED) is 0.670. The lowest BCUT2D eigenvalue weighted by Gasteiger charge is -2.13. The van der Waals surface area contributed by atoms with Crippen molar-refractivity contribution in [2.75, 3.05) is 0 Å². The van der Waals surface area contributed by atoms with Gasteiger partial charge in [-0.2, -0.15) is 8.42 Å². The number of hydrogen-bond acceptors (Lipinski definition) is 4. The number of nitrogens with two attached hydrogens (primary N) is 1. The monoisotopic (exact) mass is 216 g/mol. The van der Waals surface area contributed by atoms with Crippen LogP contribution >= 0.6 is 0 Å². The molecule has 0 spiro atoms. The van der Waals surface area contributed by atoms with Crippen molar-refractivity contribution in [3.63, 3.8) is 0 Å². The molecule has 0 aliphatic carbocycles. The molecule has 0 amide bonds. The Morgan fingerprint density at radius 1 is 1.43 bits per heavy atom. The molecule has 0 atom stereocenters. The molecule has 0 radical (unpaired) electrons. The van der Waals surface area contributed by atoms with Crippen molar-refractivity contribution >= 4 is 16.1 Å². The lowest BCUT2D eigenvalue weighted by atomic mass is 10.2. The maximum Gasteiger partial charge on any atom is 0.430 e. The van der Waals surface area contributed by atoms with Crippen molar-refractivity contribution in [2.24, 2.45) is 10.1 Å². The Balaban J connectivity index is 2.68. The standard InChI is InChI=1S/C7H5FN2O3S/c8-4-1-2-6-5(3-4)7(9)10-14(11,12)13-6/h1-3H,(H2,9,10). The van der Waals surface area contributed by atoms with E-state index in [1.807, 2.05) is 0 Å². The lowest BCUT2D eigenvalue weighted by molar-refractivity contribution is 0.483. The molecular formula is C7H5FN2O3S. The van der Waals surface area contributed by atoms with Gasteiger partial charge in [-0.25, -0.2) is 4.39 Å². The first-order chi connectivity index (χ1) is 6.48. The van der Waals surface area contributed by atoms with E-state index in [-0.39, 0.29) is 17.1 Å². The predicted molar refractivity (Wildman–Crippen MR) is 46.7 cm³/mol. The third kappa shape index (κ3) is 1.41. The Hall–Kier alpha value is -1.63. The summed E-state index contributed by atoms with van der Waals surface area (Å²) >= 11 is 0. The summed E-state index contributed by atoms with van der Waals surface area (Å²) in [6.07, 6.45) is 0. The van der Waals surface area contributed by atoms with Gasteiger partial charge in [-0.05, 0) is 18.2 Å². The van der Waals surface area contributed by atoms with Crippen LogP contribution in [0.4, 0.5) is 4.39 Å². The van der Waals surface area contributed by atoms with E-state index in [9.17, 15) is 12.8 Å². The van der Waals surface area contributed by atoms with Crippen LogP contribution in [0.25, 0.3) is 0 Å². The SMILES string of the molecule is NC1=NS(=O)(=O)Oc2ccc(F)cc21. The third-order valence-corrected chi connectivity index (χ3v) is 2.43. The molecule has 1 aliphatic heterocycles. The van der Waals surface area contributed by atoms with E-state index in [1.165, 1.54) is 6.07 Å². The normalized spacial score (nSPS) is 17.9. The second-order valence-electron chi connectivity index (χ2n) is 2.63. The average molecular weight is 216 g/mol. The molecule has 7 heteroatoms. The number of fused-ring (bicyclic) bond motifs is 1. The van der Waals surface area contributed by atoms with Gasteiger partial charge < -0.3 is 9.92 Å². The predicted octanol–water partition coefficient (Wildman–Crippen LogP) is 0.168.